The number of likely N-dealkylation sites (N-methyl/N-ethyl adjacent to an activating group) is 1. The summed E-state index contributed by atoms with van der Waals surface area (Å²) in [6, 6.07) is 0.217. The molecule has 1 heterocycles. The van der Waals surface area contributed by atoms with E-state index in [0.29, 0.717) is 12.3 Å². The van der Waals surface area contributed by atoms with Crippen LogP contribution in [0.4, 0.5) is 0 Å². The van der Waals surface area contributed by atoms with Crippen LogP contribution in [0, 0.1) is 5.92 Å². The van der Waals surface area contributed by atoms with E-state index in [9.17, 15) is 4.79 Å². The zero-order valence-corrected chi connectivity index (χ0v) is 8.32. The number of ether oxygens (including phenoxy) is 1. The van der Waals surface area contributed by atoms with Gasteiger partial charge < -0.3 is 15.4 Å². The van der Waals surface area contributed by atoms with E-state index >= 15 is 0 Å². The number of carbonyl (C=O) groups is 1. The SMILES string of the molecule is COC(=O)CCC1CN(C)CC1N. The molecule has 4 heteroatoms. The molecule has 76 valence electrons. The van der Waals surface area contributed by atoms with E-state index in [1.165, 1.54) is 7.11 Å². The van der Waals surface area contributed by atoms with E-state index in [2.05, 4.69) is 16.7 Å². The second kappa shape index (κ2) is 4.58. The molecular formula is C9H18N2O2. The molecule has 1 aliphatic heterocycles. The Morgan fingerprint density at radius 3 is 2.77 bits per heavy atom. The van der Waals surface area contributed by atoms with Gasteiger partial charge in [-0.1, -0.05) is 0 Å². The zero-order chi connectivity index (χ0) is 9.84. The Kier molecular flexibility index (Phi) is 3.69. The number of likely N-dealkylation sites (tertiary alicyclic amines) is 1. The average Bonchev–Trinajstić information content (AvgIpc) is 2.41. The number of nitrogens with two attached hydrogens (primary N) is 1. The third-order valence-electron chi connectivity index (χ3n) is 2.62. The summed E-state index contributed by atoms with van der Waals surface area (Å²) in [4.78, 5) is 13.1. The lowest BCUT2D eigenvalue weighted by atomic mass is 9.99. The fourth-order valence-corrected chi connectivity index (χ4v) is 1.83. The lowest BCUT2D eigenvalue weighted by molar-refractivity contribution is -0.140. The minimum atomic E-state index is -0.137. The monoisotopic (exact) mass is 186 g/mol. The Hall–Kier alpha value is -0.610. The van der Waals surface area contributed by atoms with Crippen molar-refractivity contribution >= 4 is 5.97 Å². The Bertz CT molecular complexity index is 184. The smallest absolute Gasteiger partial charge is 0.305 e. The summed E-state index contributed by atoms with van der Waals surface area (Å²) in [5.41, 5.74) is 5.90. The van der Waals surface area contributed by atoms with Crippen molar-refractivity contribution in [3.8, 4) is 0 Å². The Morgan fingerprint density at radius 2 is 2.31 bits per heavy atom. The van der Waals surface area contributed by atoms with Crippen LogP contribution >= 0.6 is 0 Å². The van der Waals surface area contributed by atoms with Crippen molar-refractivity contribution < 1.29 is 9.53 Å². The number of methoxy groups -OCH3 is 1. The highest BCUT2D eigenvalue weighted by molar-refractivity contribution is 5.69. The first-order valence-electron chi connectivity index (χ1n) is 4.64. The maximum atomic E-state index is 10.9. The molecule has 0 radical (unpaired) electrons. The van der Waals surface area contributed by atoms with Crippen molar-refractivity contribution in [1.82, 2.24) is 4.90 Å². The van der Waals surface area contributed by atoms with Crippen LogP contribution < -0.4 is 5.73 Å². The predicted octanol–water partition coefficient (Wildman–Crippen LogP) is -0.171. The van der Waals surface area contributed by atoms with Crippen molar-refractivity contribution in [3.63, 3.8) is 0 Å². The van der Waals surface area contributed by atoms with Gasteiger partial charge in [0, 0.05) is 25.6 Å². The molecule has 0 spiro atoms. The normalized spacial score (nSPS) is 29.2. The zero-order valence-electron chi connectivity index (χ0n) is 8.32. The predicted molar refractivity (Wildman–Crippen MR) is 50.2 cm³/mol. The van der Waals surface area contributed by atoms with Gasteiger partial charge >= 0.3 is 5.97 Å². The summed E-state index contributed by atoms with van der Waals surface area (Å²) < 4.78 is 4.58. The van der Waals surface area contributed by atoms with Gasteiger partial charge in [-0.3, -0.25) is 4.79 Å². The highest BCUT2D eigenvalue weighted by Crippen LogP contribution is 2.18. The Balaban J connectivity index is 2.25. The van der Waals surface area contributed by atoms with Crippen molar-refractivity contribution in [3.05, 3.63) is 0 Å². The van der Waals surface area contributed by atoms with E-state index < -0.39 is 0 Å². The second-order valence-electron chi connectivity index (χ2n) is 3.76. The van der Waals surface area contributed by atoms with Crippen LogP contribution in [0.1, 0.15) is 12.8 Å². The molecule has 0 aromatic heterocycles. The van der Waals surface area contributed by atoms with E-state index in [-0.39, 0.29) is 12.0 Å². The van der Waals surface area contributed by atoms with Crippen molar-refractivity contribution in [2.75, 3.05) is 27.2 Å². The molecule has 0 saturated carbocycles. The molecule has 0 aromatic carbocycles. The van der Waals surface area contributed by atoms with Crippen molar-refractivity contribution in [2.24, 2.45) is 11.7 Å². The van der Waals surface area contributed by atoms with E-state index in [0.717, 1.165) is 19.5 Å². The summed E-state index contributed by atoms with van der Waals surface area (Å²) in [7, 11) is 3.47. The van der Waals surface area contributed by atoms with Gasteiger partial charge in [0.2, 0.25) is 0 Å². The van der Waals surface area contributed by atoms with Gasteiger partial charge in [0.15, 0.2) is 0 Å². The molecule has 13 heavy (non-hydrogen) atoms. The fourth-order valence-electron chi connectivity index (χ4n) is 1.83. The topological polar surface area (TPSA) is 55.6 Å². The fraction of sp³-hybridized carbons (Fsp3) is 0.889. The molecule has 1 fully saturated rings. The molecule has 1 aliphatic rings. The molecule has 0 aromatic rings. The van der Waals surface area contributed by atoms with E-state index in [1.807, 2.05) is 0 Å². The van der Waals surface area contributed by atoms with Gasteiger partial charge in [-0.2, -0.15) is 0 Å². The van der Waals surface area contributed by atoms with Crippen LogP contribution in [-0.2, 0) is 9.53 Å². The summed E-state index contributed by atoms with van der Waals surface area (Å²) in [5.74, 6) is 0.311. The molecule has 4 nitrogen and oxygen atoms in total. The molecule has 0 bridgehead atoms. The quantitative estimate of drug-likeness (QED) is 0.622. The molecule has 2 unspecified atom stereocenters. The van der Waals surface area contributed by atoms with Crippen LogP contribution in [0.15, 0.2) is 0 Å². The van der Waals surface area contributed by atoms with Crippen LogP contribution in [-0.4, -0.2) is 44.2 Å². The summed E-state index contributed by atoms with van der Waals surface area (Å²) >= 11 is 0. The highest BCUT2D eigenvalue weighted by atomic mass is 16.5. The first-order valence-corrected chi connectivity index (χ1v) is 4.64. The van der Waals surface area contributed by atoms with E-state index in [4.69, 9.17) is 5.73 Å². The maximum absolute atomic E-state index is 10.9. The third kappa shape index (κ3) is 2.97. The largest absolute Gasteiger partial charge is 0.469 e. The second-order valence-corrected chi connectivity index (χ2v) is 3.76. The number of nitrogens with zero attached hydrogens (tertiary/aromatic N) is 1. The van der Waals surface area contributed by atoms with Gasteiger partial charge in [0.1, 0.15) is 0 Å². The average molecular weight is 186 g/mol. The van der Waals surface area contributed by atoms with Crippen LogP contribution in [0.5, 0.6) is 0 Å². The molecular weight excluding hydrogens is 168 g/mol. The Morgan fingerprint density at radius 1 is 1.62 bits per heavy atom. The molecule has 2 atom stereocenters. The van der Waals surface area contributed by atoms with Crippen LogP contribution in [0.25, 0.3) is 0 Å². The molecule has 0 aliphatic carbocycles. The molecule has 2 N–H and O–H groups in total. The third-order valence-corrected chi connectivity index (χ3v) is 2.62. The van der Waals surface area contributed by atoms with E-state index in [1.54, 1.807) is 0 Å². The molecule has 1 rings (SSSR count). The summed E-state index contributed by atoms with van der Waals surface area (Å²) in [6.07, 6.45) is 1.33. The lowest BCUT2D eigenvalue weighted by Gasteiger charge is -2.12. The van der Waals surface area contributed by atoms with Crippen molar-refractivity contribution in [1.29, 1.82) is 0 Å². The summed E-state index contributed by atoms with van der Waals surface area (Å²) in [6.45, 7) is 1.93. The van der Waals surface area contributed by atoms with Gasteiger partial charge in [-0.05, 0) is 19.4 Å². The highest BCUT2D eigenvalue weighted by Gasteiger charge is 2.27. The van der Waals surface area contributed by atoms with Gasteiger partial charge in [-0.25, -0.2) is 0 Å². The standard InChI is InChI=1S/C9H18N2O2/c1-11-5-7(8(10)6-11)3-4-9(12)13-2/h7-8H,3-6,10H2,1-2H3. The molecule has 1 saturated heterocycles. The van der Waals surface area contributed by atoms with Gasteiger partial charge in [-0.15, -0.1) is 0 Å². The first kappa shape index (κ1) is 10.5. The van der Waals surface area contributed by atoms with Crippen molar-refractivity contribution in [2.45, 2.75) is 18.9 Å². The number of hydrogen-bond acceptors (Lipinski definition) is 4. The minimum absolute atomic E-state index is 0.137. The Labute approximate surface area is 79.0 Å². The maximum Gasteiger partial charge on any atom is 0.305 e. The van der Waals surface area contributed by atoms with Crippen LogP contribution in [0.2, 0.25) is 0 Å². The first-order chi connectivity index (χ1) is 6.13. The number of esters is 1. The summed E-state index contributed by atoms with van der Waals surface area (Å²) in [5, 5.41) is 0. The van der Waals surface area contributed by atoms with Gasteiger partial charge in [0.05, 0.1) is 7.11 Å². The lowest BCUT2D eigenvalue weighted by Crippen LogP contribution is -2.29. The number of hydrogen-bond donors (Lipinski definition) is 1. The minimum Gasteiger partial charge on any atom is -0.469 e. The molecule has 0 amide bonds. The number of rotatable bonds is 3. The van der Waals surface area contributed by atoms with Crippen LogP contribution in [0.3, 0.4) is 0 Å². The van der Waals surface area contributed by atoms with Gasteiger partial charge in [0.25, 0.3) is 0 Å². The number of carbonyl (C=O) groups excluding carboxylic acids is 1.